The average molecular weight is 191 g/mol. The Hall–Kier alpha value is -1.12. The minimum absolute atomic E-state index is 0.277. The number of aliphatic hydroxyl groups is 1. The minimum Gasteiger partial charge on any atom is -0.393 e. The van der Waals surface area contributed by atoms with Crippen LogP contribution in [0.3, 0.4) is 0 Å². The molecule has 0 saturated heterocycles. The summed E-state index contributed by atoms with van der Waals surface area (Å²) in [5, 5.41) is 9.19. The van der Waals surface area contributed by atoms with Gasteiger partial charge in [-0.2, -0.15) is 0 Å². The molecular weight excluding hydrogens is 174 g/mol. The molecule has 1 aromatic rings. The molecule has 0 aliphatic heterocycles. The number of hydrogen-bond acceptors (Lipinski definition) is 2. The van der Waals surface area contributed by atoms with Crippen molar-refractivity contribution in [3.63, 3.8) is 0 Å². The molecule has 0 fully saturated rings. The number of benzene rings is 1. The van der Waals surface area contributed by atoms with Crippen molar-refractivity contribution in [2.45, 2.75) is 19.4 Å². The Bertz CT molecular complexity index is 288. The topological polar surface area (TPSA) is 46.2 Å². The summed E-state index contributed by atoms with van der Waals surface area (Å²) < 4.78 is 0. The molecule has 14 heavy (non-hydrogen) atoms. The smallest absolute Gasteiger partial charge is 0.0552 e. The van der Waals surface area contributed by atoms with Crippen molar-refractivity contribution in [1.29, 1.82) is 0 Å². The summed E-state index contributed by atoms with van der Waals surface area (Å²) >= 11 is 0. The Kier molecular flexibility index (Phi) is 4.36. The van der Waals surface area contributed by atoms with Gasteiger partial charge in [-0.3, -0.25) is 0 Å². The molecule has 3 N–H and O–H groups in total. The zero-order chi connectivity index (χ0) is 10.4. The number of nitrogens with two attached hydrogens (primary N) is 1. The summed E-state index contributed by atoms with van der Waals surface area (Å²) in [4.78, 5) is 0. The lowest BCUT2D eigenvalue weighted by atomic mass is 10.1. The van der Waals surface area contributed by atoms with E-state index in [1.54, 1.807) is 6.92 Å². The quantitative estimate of drug-likeness (QED) is 0.759. The predicted octanol–water partition coefficient (Wildman–Crippen LogP) is 1.58. The van der Waals surface area contributed by atoms with Gasteiger partial charge in [-0.25, -0.2) is 0 Å². The van der Waals surface area contributed by atoms with Gasteiger partial charge in [0.15, 0.2) is 0 Å². The lowest BCUT2D eigenvalue weighted by Gasteiger charge is -2.04. The van der Waals surface area contributed by atoms with Crippen LogP contribution in [0.5, 0.6) is 0 Å². The third kappa shape index (κ3) is 3.73. The van der Waals surface area contributed by atoms with Crippen LogP contribution in [0.2, 0.25) is 0 Å². The first-order valence-electron chi connectivity index (χ1n) is 4.86. The normalized spacial score (nSPS) is 13.4. The highest BCUT2D eigenvalue weighted by Gasteiger charge is 1.97. The van der Waals surface area contributed by atoms with Crippen LogP contribution in [0.15, 0.2) is 30.3 Å². The largest absolute Gasteiger partial charge is 0.393 e. The lowest BCUT2D eigenvalue weighted by Crippen LogP contribution is -2.03. The Balaban J connectivity index is 2.64. The maximum absolute atomic E-state index is 9.19. The van der Waals surface area contributed by atoms with Crippen LogP contribution in [0, 0.1) is 0 Å². The molecule has 1 atom stereocenters. The predicted molar refractivity (Wildman–Crippen MR) is 59.9 cm³/mol. The van der Waals surface area contributed by atoms with E-state index in [0.29, 0.717) is 13.0 Å². The SMILES string of the molecule is CC(O)Cc1ccc(/C=C/CN)cc1. The molecule has 0 aliphatic carbocycles. The highest BCUT2D eigenvalue weighted by Crippen LogP contribution is 2.08. The molecule has 1 unspecified atom stereocenters. The van der Waals surface area contributed by atoms with E-state index in [9.17, 15) is 5.11 Å². The van der Waals surface area contributed by atoms with Crippen molar-refractivity contribution in [1.82, 2.24) is 0 Å². The van der Waals surface area contributed by atoms with E-state index in [-0.39, 0.29) is 6.10 Å². The lowest BCUT2D eigenvalue weighted by molar-refractivity contribution is 0.195. The monoisotopic (exact) mass is 191 g/mol. The summed E-state index contributed by atoms with van der Waals surface area (Å²) in [6.07, 6.45) is 4.34. The van der Waals surface area contributed by atoms with Crippen molar-refractivity contribution in [2.75, 3.05) is 6.54 Å². The Morgan fingerprint density at radius 2 is 2.00 bits per heavy atom. The number of rotatable bonds is 4. The zero-order valence-corrected chi connectivity index (χ0v) is 8.48. The van der Waals surface area contributed by atoms with Crippen LogP contribution in [0.4, 0.5) is 0 Å². The fourth-order valence-electron chi connectivity index (χ4n) is 1.31. The van der Waals surface area contributed by atoms with Crippen LogP contribution >= 0.6 is 0 Å². The van der Waals surface area contributed by atoms with Crippen LogP contribution < -0.4 is 5.73 Å². The van der Waals surface area contributed by atoms with E-state index in [1.165, 1.54) is 0 Å². The van der Waals surface area contributed by atoms with Crippen molar-refractivity contribution < 1.29 is 5.11 Å². The first-order chi connectivity index (χ1) is 6.72. The molecule has 0 amide bonds. The Labute approximate surface area is 85.1 Å². The second-order valence-corrected chi connectivity index (χ2v) is 3.43. The van der Waals surface area contributed by atoms with Gasteiger partial charge in [0.05, 0.1) is 6.10 Å². The van der Waals surface area contributed by atoms with Crippen molar-refractivity contribution >= 4 is 6.08 Å². The van der Waals surface area contributed by atoms with E-state index in [1.807, 2.05) is 36.4 Å². The minimum atomic E-state index is -0.277. The highest BCUT2D eigenvalue weighted by molar-refractivity contribution is 5.49. The molecule has 0 spiro atoms. The van der Waals surface area contributed by atoms with E-state index in [2.05, 4.69) is 0 Å². The van der Waals surface area contributed by atoms with Crippen molar-refractivity contribution in [2.24, 2.45) is 5.73 Å². The number of hydrogen-bond donors (Lipinski definition) is 2. The van der Waals surface area contributed by atoms with E-state index in [0.717, 1.165) is 11.1 Å². The zero-order valence-electron chi connectivity index (χ0n) is 8.48. The fourth-order valence-corrected chi connectivity index (χ4v) is 1.31. The average Bonchev–Trinajstić information content (AvgIpc) is 2.16. The molecule has 0 aliphatic rings. The fraction of sp³-hybridized carbons (Fsp3) is 0.333. The molecule has 0 radical (unpaired) electrons. The summed E-state index contributed by atoms with van der Waals surface area (Å²) in [5.41, 5.74) is 7.65. The van der Waals surface area contributed by atoms with Crippen molar-refractivity contribution in [3.8, 4) is 0 Å². The molecule has 2 nitrogen and oxygen atoms in total. The summed E-state index contributed by atoms with van der Waals surface area (Å²) in [5.74, 6) is 0. The van der Waals surface area contributed by atoms with Gasteiger partial charge < -0.3 is 10.8 Å². The second-order valence-electron chi connectivity index (χ2n) is 3.43. The van der Waals surface area contributed by atoms with Gasteiger partial charge in [-0.1, -0.05) is 36.4 Å². The molecule has 2 heteroatoms. The van der Waals surface area contributed by atoms with Gasteiger partial charge in [0, 0.05) is 6.54 Å². The molecule has 76 valence electrons. The van der Waals surface area contributed by atoms with Gasteiger partial charge in [-0.15, -0.1) is 0 Å². The molecule has 0 saturated carbocycles. The van der Waals surface area contributed by atoms with Gasteiger partial charge in [-0.05, 0) is 24.5 Å². The maximum atomic E-state index is 9.19. The van der Waals surface area contributed by atoms with E-state index >= 15 is 0 Å². The van der Waals surface area contributed by atoms with Crippen LogP contribution in [0.25, 0.3) is 6.08 Å². The Morgan fingerprint density at radius 1 is 1.36 bits per heavy atom. The summed E-state index contributed by atoms with van der Waals surface area (Å²) in [6, 6.07) is 8.12. The van der Waals surface area contributed by atoms with Gasteiger partial charge >= 0.3 is 0 Å². The molecule has 0 aromatic heterocycles. The van der Waals surface area contributed by atoms with Crippen molar-refractivity contribution in [3.05, 3.63) is 41.5 Å². The van der Waals surface area contributed by atoms with Crippen LogP contribution in [-0.2, 0) is 6.42 Å². The van der Waals surface area contributed by atoms with Crippen LogP contribution in [-0.4, -0.2) is 17.8 Å². The Morgan fingerprint density at radius 3 is 2.50 bits per heavy atom. The molecule has 1 aromatic carbocycles. The van der Waals surface area contributed by atoms with Crippen LogP contribution in [0.1, 0.15) is 18.1 Å². The molecule has 1 rings (SSSR count). The molecule has 0 heterocycles. The molecular formula is C12H17NO. The van der Waals surface area contributed by atoms with E-state index < -0.39 is 0 Å². The standard InChI is InChI=1S/C12H17NO/c1-10(14)9-12-6-4-11(5-7-12)3-2-8-13/h2-7,10,14H,8-9,13H2,1H3/b3-2+. The van der Waals surface area contributed by atoms with E-state index in [4.69, 9.17) is 5.73 Å². The first-order valence-corrected chi connectivity index (χ1v) is 4.86. The van der Waals surface area contributed by atoms with Gasteiger partial charge in [0.1, 0.15) is 0 Å². The third-order valence-corrected chi connectivity index (χ3v) is 1.96. The summed E-state index contributed by atoms with van der Waals surface area (Å²) in [7, 11) is 0. The third-order valence-electron chi connectivity index (χ3n) is 1.96. The van der Waals surface area contributed by atoms with Gasteiger partial charge in [0.2, 0.25) is 0 Å². The number of aliphatic hydroxyl groups excluding tert-OH is 1. The second kappa shape index (κ2) is 5.58. The van der Waals surface area contributed by atoms with Gasteiger partial charge in [0.25, 0.3) is 0 Å². The first kappa shape index (κ1) is 11.0. The highest BCUT2D eigenvalue weighted by atomic mass is 16.3. The molecule has 0 bridgehead atoms. The summed E-state index contributed by atoms with van der Waals surface area (Å²) in [6.45, 7) is 2.36. The maximum Gasteiger partial charge on any atom is 0.0552 e.